The van der Waals surface area contributed by atoms with Crippen molar-refractivity contribution in [3.05, 3.63) is 229 Å². The van der Waals surface area contributed by atoms with Crippen LogP contribution in [0.5, 0.6) is 0 Å². The average molecular weight is 844 g/mol. The molecule has 0 aliphatic heterocycles. The fourth-order valence-electron chi connectivity index (χ4n) is 9.77. The second-order valence-corrected chi connectivity index (χ2v) is 17.1. The average Bonchev–Trinajstić information content (AvgIpc) is 3.88. The van der Waals surface area contributed by atoms with Gasteiger partial charge < -0.3 is 9.13 Å². The van der Waals surface area contributed by atoms with Gasteiger partial charge in [0.15, 0.2) is 5.82 Å². The minimum atomic E-state index is 0.531. The van der Waals surface area contributed by atoms with E-state index < -0.39 is 0 Å². The zero-order valence-corrected chi connectivity index (χ0v) is 36.4. The Kier molecular flexibility index (Phi) is 9.25. The second kappa shape index (κ2) is 15.7. The normalized spacial score (nSPS) is 11.5. The number of hydrogen-bond donors (Lipinski definition) is 0. The third-order valence-corrected chi connectivity index (χ3v) is 12.9. The quantitative estimate of drug-likeness (QED) is 0.161. The molecule has 3 heterocycles. The van der Waals surface area contributed by atoms with E-state index in [2.05, 4.69) is 199 Å². The lowest BCUT2D eigenvalue weighted by Gasteiger charge is -2.19. The molecule has 0 amide bonds. The fraction of sp³-hybridized carbons (Fsp3) is 0.0328. The summed E-state index contributed by atoms with van der Waals surface area (Å²) in [6.07, 6.45) is 0. The monoisotopic (exact) mass is 843 g/mol. The molecule has 0 aliphatic rings. The summed E-state index contributed by atoms with van der Waals surface area (Å²) in [5.41, 5.74) is 17.6. The highest BCUT2D eigenvalue weighted by molar-refractivity contribution is 6.12. The first-order chi connectivity index (χ1) is 32.5. The zero-order valence-electron chi connectivity index (χ0n) is 36.4. The molecule has 12 rings (SSSR count). The predicted molar refractivity (Wildman–Crippen MR) is 272 cm³/mol. The van der Waals surface area contributed by atoms with E-state index in [4.69, 9.17) is 9.97 Å². The number of fused-ring (bicyclic) bond motifs is 6. The zero-order chi connectivity index (χ0) is 44.3. The molecule has 0 spiro atoms. The third kappa shape index (κ3) is 6.55. The first kappa shape index (κ1) is 38.8. The van der Waals surface area contributed by atoms with Gasteiger partial charge in [-0.15, -0.1) is 0 Å². The van der Waals surface area contributed by atoms with Gasteiger partial charge in [-0.05, 0) is 90.7 Å². The van der Waals surface area contributed by atoms with Crippen LogP contribution in [0.1, 0.15) is 16.7 Å². The lowest BCUT2D eigenvalue weighted by atomic mass is 10.0. The van der Waals surface area contributed by atoms with Crippen LogP contribution in [0.25, 0.3) is 111 Å². The molecule has 0 atom stereocenters. The number of para-hydroxylation sites is 2. The number of rotatable bonds is 7. The Morgan fingerprint density at radius 2 is 0.803 bits per heavy atom. The standard InChI is InChI=1S/C61H41N5/c1-39-15-13-21-43(31-39)45-27-29-57-50(33-45)48-23-9-11-25-55(48)65(57)59-36-52(61-63-53(41-17-5-3-6-18-41)37-54(64-61)42-19-7-4-8-20-42)60(35-47(59)38-62)66-56-26-12-10-24-49(56)51-34-46(28-30-58(51)66)44-22-14-16-40(2)32-44/h3-37H,1-2H3. The number of hydrogen-bond acceptors (Lipinski definition) is 3. The van der Waals surface area contributed by atoms with E-state index in [-0.39, 0.29) is 0 Å². The maximum absolute atomic E-state index is 11.4. The van der Waals surface area contributed by atoms with Gasteiger partial charge in [-0.2, -0.15) is 5.26 Å². The van der Waals surface area contributed by atoms with Gasteiger partial charge in [0.2, 0.25) is 0 Å². The summed E-state index contributed by atoms with van der Waals surface area (Å²) in [4.78, 5) is 10.9. The molecule has 0 aliphatic carbocycles. The lowest BCUT2D eigenvalue weighted by Crippen LogP contribution is -2.06. The van der Waals surface area contributed by atoms with Gasteiger partial charge in [0.1, 0.15) is 6.07 Å². The minimum Gasteiger partial charge on any atom is -0.308 e. The van der Waals surface area contributed by atoms with Crippen LogP contribution in [0.4, 0.5) is 0 Å². The van der Waals surface area contributed by atoms with Crippen LogP contribution in [0.2, 0.25) is 0 Å². The van der Waals surface area contributed by atoms with Crippen LogP contribution in [-0.2, 0) is 0 Å². The Morgan fingerprint density at radius 3 is 1.30 bits per heavy atom. The molecule has 66 heavy (non-hydrogen) atoms. The Bertz CT molecular complexity index is 3850. The van der Waals surface area contributed by atoms with Gasteiger partial charge in [-0.25, -0.2) is 9.97 Å². The van der Waals surface area contributed by atoms with Crippen molar-refractivity contribution in [2.45, 2.75) is 13.8 Å². The highest BCUT2D eigenvalue weighted by Crippen LogP contribution is 2.42. The summed E-state index contributed by atoms with van der Waals surface area (Å²) < 4.78 is 4.54. The van der Waals surface area contributed by atoms with E-state index in [1.807, 2.05) is 42.5 Å². The van der Waals surface area contributed by atoms with Crippen molar-refractivity contribution in [1.29, 1.82) is 5.26 Å². The minimum absolute atomic E-state index is 0.531. The molecular formula is C61H41N5. The maximum Gasteiger partial charge on any atom is 0.162 e. The summed E-state index contributed by atoms with van der Waals surface area (Å²) in [5.74, 6) is 0.556. The number of benzene rings is 9. The molecule has 12 aromatic rings. The number of nitrogens with zero attached hydrogens (tertiary/aromatic N) is 5. The number of nitriles is 1. The second-order valence-electron chi connectivity index (χ2n) is 17.1. The van der Waals surface area contributed by atoms with Crippen LogP contribution in [-0.4, -0.2) is 19.1 Å². The van der Waals surface area contributed by atoms with Gasteiger partial charge in [0.25, 0.3) is 0 Å². The Labute approximate surface area is 382 Å². The molecule has 0 unspecified atom stereocenters. The highest BCUT2D eigenvalue weighted by Gasteiger charge is 2.24. The van der Waals surface area contributed by atoms with Crippen molar-refractivity contribution < 1.29 is 0 Å². The van der Waals surface area contributed by atoms with E-state index in [0.29, 0.717) is 11.4 Å². The van der Waals surface area contributed by atoms with Crippen LogP contribution >= 0.6 is 0 Å². The van der Waals surface area contributed by atoms with Crippen LogP contribution in [0.15, 0.2) is 212 Å². The van der Waals surface area contributed by atoms with Crippen molar-refractivity contribution in [3.63, 3.8) is 0 Å². The first-order valence-corrected chi connectivity index (χ1v) is 22.3. The summed E-state index contributed by atoms with van der Waals surface area (Å²) in [5, 5.41) is 15.8. The molecule has 5 heteroatoms. The molecule has 3 aromatic heterocycles. The molecular weight excluding hydrogens is 803 g/mol. The summed E-state index contributed by atoms with van der Waals surface area (Å²) in [7, 11) is 0. The number of aryl methyl sites for hydroxylation is 2. The van der Waals surface area contributed by atoms with E-state index in [9.17, 15) is 5.26 Å². The Morgan fingerprint density at radius 1 is 0.364 bits per heavy atom. The largest absolute Gasteiger partial charge is 0.308 e. The van der Waals surface area contributed by atoms with Gasteiger partial charge in [-0.1, -0.05) is 169 Å². The van der Waals surface area contributed by atoms with Crippen molar-refractivity contribution >= 4 is 43.6 Å². The van der Waals surface area contributed by atoms with Gasteiger partial charge in [-0.3, -0.25) is 0 Å². The molecule has 0 bridgehead atoms. The molecule has 5 nitrogen and oxygen atoms in total. The van der Waals surface area contributed by atoms with Crippen molar-refractivity contribution in [3.8, 4) is 73.6 Å². The first-order valence-electron chi connectivity index (χ1n) is 22.3. The molecule has 0 saturated heterocycles. The molecule has 0 N–H and O–H groups in total. The Balaban J connectivity index is 1.18. The van der Waals surface area contributed by atoms with E-state index in [1.54, 1.807) is 0 Å². The van der Waals surface area contributed by atoms with E-state index in [1.165, 1.54) is 22.3 Å². The van der Waals surface area contributed by atoms with Crippen molar-refractivity contribution in [2.75, 3.05) is 0 Å². The predicted octanol–water partition coefficient (Wildman–Crippen LogP) is 15.5. The topological polar surface area (TPSA) is 59.4 Å². The van der Waals surface area contributed by atoms with Gasteiger partial charge in [0.05, 0.1) is 50.4 Å². The molecule has 0 saturated carbocycles. The van der Waals surface area contributed by atoms with E-state index in [0.717, 1.165) is 94.2 Å². The van der Waals surface area contributed by atoms with Crippen molar-refractivity contribution in [2.24, 2.45) is 0 Å². The van der Waals surface area contributed by atoms with Gasteiger partial charge >= 0.3 is 0 Å². The number of aromatic nitrogens is 4. The maximum atomic E-state index is 11.4. The summed E-state index contributed by atoms with van der Waals surface area (Å²) in [6, 6.07) is 77.2. The summed E-state index contributed by atoms with van der Waals surface area (Å²) >= 11 is 0. The molecule has 9 aromatic carbocycles. The summed E-state index contributed by atoms with van der Waals surface area (Å²) in [6.45, 7) is 4.26. The SMILES string of the molecule is Cc1cccc(-c2ccc3c(c2)c2ccccc2n3-c2cc(-c3nc(-c4ccccc4)cc(-c4ccccc4)n3)c(-n3c4ccccc4c4cc(-c5cccc(C)c5)ccc43)cc2C#N)c1. The van der Waals surface area contributed by atoms with Crippen LogP contribution in [0.3, 0.4) is 0 Å². The molecule has 0 fully saturated rings. The fourth-order valence-corrected chi connectivity index (χ4v) is 9.77. The van der Waals surface area contributed by atoms with Gasteiger partial charge in [0, 0.05) is 38.2 Å². The molecule has 0 radical (unpaired) electrons. The smallest absolute Gasteiger partial charge is 0.162 e. The van der Waals surface area contributed by atoms with E-state index >= 15 is 0 Å². The van der Waals surface area contributed by atoms with Crippen LogP contribution < -0.4 is 0 Å². The lowest BCUT2D eigenvalue weighted by molar-refractivity contribution is 1.11. The highest BCUT2D eigenvalue weighted by atomic mass is 15.0. The van der Waals surface area contributed by atoms with Crippen LogP contribution in [0, 0.1) is 25.2 Å². The van der Waals surface area contributed by atoms with Crippen molar-refractivity contribution in [1.82, 2.24) is 19.1 Å². The third-order valence-electron chi connectivity index (χ3n) is 12.9. The Hall–Kier alpha value is -8.85. The molecule has 310 valence electrons.